The van der Waals surface area contributed by atoms with Crippen LogP contribution in [-0.2, 0) is 16.1 Å². The average Bonchev–Trinajstić information content (AvgIpc) is 2.91. The first kappa shape index (κ1) is 17.7. The van der Waals surface area contributed by atoms with Gasteiger partial charge in [0.25, 0.3) is 11.8 Å². The molecule has 1 aliphatic rings. The molecule has 6 heteroatoms. The molecule has 0 aliphatic carbocycles. The second kappa shape index (κ2) is 7.82. The number of carbonyl (C=O) groups is 3. The van der Waals surface area contributed by atoms with E-state index in [2.05, 4.69) is 0 Å². The van der Waals surface area contributed by atoms with E-state index >= 15 is 0 Å². The van der Waals surface area contributed by atoms with Crippen molar-refractivity contribution in [3.63, 3.8) is 0 Å². The number of ether oxygens (including phenoxy) is 1. The number of amides is 2. The molecule has 0 fully saturated rings. The molecule has 0 N–H and O–H groups in total. The summed E-state index contributed by atoms with van der Waals surface area (Å²) in [4.78, 5) is 41.2. The first-order valence-electron chi connectivity index (χ1n) is 8.41. The van der Waals surface area contributed by atoms with Gasteiger partial charge in [-0.3, -0.25) is 9.59 Å². The monoisotopic (exact) mass is 353 g/mol. The molecule has 2 aromatic rings. The first-order valence-corrected chi connectivity index (χ1v) is 8.41. The average molecular weight is 353 g/mol. The van der Waals surface area contributed by atoms with Gasteiger partial charge in [-0.25, -0.2) is 4.79 Å². The summed E-state index contributed by atoms with van der Waals surface area (Å²) in [6.45, 7) is 0. The van der Waals surface area contributed by atoms with Crippen molar-refractivity contribution in [1.29, 1.82) is 0 Å². The van der Waals surface area contributed by atoms with Crippen molar-refractivity contribution in [3.8, 4) is 5.75 Å². The van der Waals surface area contributed by atoms with Gasteiger partial charge in [-0.05, 0) is 49.1 Å². The zero-order valence-electron chi connectivity index (χ0n) is 14.4. The number of unbranched alkanes of at least 4 members (excludes halogenated alkanes) is 1. The fourth-order valence-corrected chi connectivity index (χ4v) is 2.79. The maximum atomic E-state index is 12.1. The third-order valence-corrected chi connectivity index (χ3v) is 4.21. The number of nitrogens with zero attached hydrogens (tertiary/aromatic N) is 1. The van der Waals surface area contributed by atoms with Crippen molar-refractivity contribution in [2.24, 2.45) is 0 Å². The van der Waals surface area contributed by atoms with Crippen LogP contribution in [0.15, 0.2) is 48.5 Å². The molecule has 0 saturated carbocycles. The molecule has 0 unspecified atom stereocenters. The van der Waals surface area contributed by atoms with Crippen molar-refractivity contribution in [2.75, 3.05) is 7.11 Å². The van der Waals surface area contributed by atoms with Crippen LogP contribution in [0.5, 0.6) is 5.75 Å². The van der Waals surface area contributed by atoms with E-state index in [1.54, 1.807) is 19.2 Å². The minimum absolute atomic E-state index is 0.142. The third-order valence-electron chi connectivity index (χ3n) is 4.21. The second-order valence-corrected chi connectivity index (χ2v) is 5.97. The van der Waals surface area contributed by atoms with Crippen molar-refractivity contribution in [1.82, 2.24) is 5.06 Å². The molecule has 0 radical (unpaired) electrons. The number of imide groups is 1. The molecule has 2 aromatic carbocycles. The summed E-state index contributed by atoms with van der Waals surface area (Å²) < 4.78 is 5.11. The van der Waals surface area contributed by atoms with Crippen molar-refractivity contribution in [2.45, 2.75) is 25.7 Å². The number of rotatable bonds is 7. The highest BCUT2D eigenvalue weighted by atomic mass is 16.7. The van der Waals surface area contributed by atoms with Crippen LogP contribution in [0.25, 0.3) is 0 Å². The molecule has 2 amide bonds. The molecule has 134 valence electrons. The third kappa shape index (κ3) is 3.74. The van der Waals surface area contributed by atoms with Gasteiger partial charge < -0.3 is 9.57 Å². The number of methoxy groups -OCH3 is 1. The van der Waals surface area contributed by atoms with E-state index in [1.807, 2.05) is 24.3 Å². The number of carbonyl (C=O) groups excluding carboxylic acids is 3. The fraction of sp³-hybridized carbons (Fsp3) is 0.250. The zero-order chi connectivity index (χ0) is 18.5. The molecular weight excluding hydrogens is 334 g/mol. The van der Waals surface area contributed by atoms with E-state index in [0.717, 1.165) is 24.2 Å². The Hall–Kier alpha value is -3.15. The van der Waals surface area contributed by atoms with Gasteiger partial charge >= 0.3 is 5.97 Å². The van der Waals surface area contributed by atoms with E-state index in [0.29, 0.717) is 11.5 Å². The van der Waals surface area contributed by atoms with Gasteiger partial charge in [0.15, 0.2) is 0 Å². The highest BCUT2D eigenvalue weighted by molar-refractivity contribution is 6.20. The summed E-state index contributed by atoms with van der Waals surface area (Å²) in [5.41, 5.74) is 1.66. The number of fused-ring (bicyclic) bond motifs is 1. The van der Waals surface area contributed by atoms with Crippen molar-refractivity contribution in [3.05, 3.63) is 65.2 Å². The van der Waals surface area contributed by atoms with Crippen LogP contribution < -0.4 is 4.74 Å². The number of aryl methyl sites for hydroxylation is 1. The van der Waals surface area contributed by atoms with Gasteiger partial charge in [0.1, 0.15) is 5.75 Å². The van der Waals surface area contributed by atoms with Crippen LogP contribution >= 0.6 is 0 Å². The number of hydroxylamine groups is 2. The van der Waals surface area contributed by atoms with Gasteiger partial charge in [-0.15, -0.1) is 0 Å². The van der Waals surface area contributed by atoms with Crippen LogP contribution in [0.3, 0.4) is 0 Å². The molecule has 0 bridgehead atoms. The normalized spacial score (nSPS) is 12.9. The van der Waals surface area contributed by atoms with E-state index in [1.165, 1.54) is 12.1 Å². The lowest BCUT2D eigenvalue weighted by Gasteiger charge is -2.12. The van der Waals surface area contributed by atoms with Crippen LogP contribution in [-0.4, -0.2) is 30.0 Å². The number of hydrogen-bond donors (Lipinski definition) is 0. The lowest BCUT2D eigenvalue weighted by Crippen LogP contribution is -2.32. The molecule has 1 heterocycles. The Morgan fingerprint density at radius 1 is 0.923 bits per heavy atom. The van der Waals surface area contributed by atoms with E-state index in [4.69, 9.17) is 9.57 Å². The molecule has 1 aliphatic heterocycles. The van der Waals surface area contributed by atoms with Gasteiger partial charge in [0.05, 0.1) is 18.2 Å². The molecular formula is C20H19NO5. The highest BCUT2D eigenvalue weighted by Crippen LogP contribution is 2.23. The Morgan fingerprint density at radius 2 is 1.54 bits per heavy atom. The maximum Gasteiger partial charge on any atom is 0.333 e. The Bertz CT molecular complexity index is 793. The number of benzene rings is 2. The van der Waals surface area contributed by atoms with E-state index in [9.17, 15) is 14.4 Å². The standard InChI is InChI=1S/C20H19NO5/c1-25-15-12-10-14(11-13-15)6-2-5-9-18(22)26-21-19(23)16-7-3-4-8-17(16)20(21)24/h3-4,7-8,10-13H,2,5-6,9H2,1H3. The van der Waals surface area contributed by atoms with Gasteiger partial charge in [0.2, 0.25) is 0 Å². The summed E-state index contributed by atoms with van der Waals surface area (Å²) in [7, 11) is 1.62. The van der Waals surface area contributed by atoms with Gasteiger partial charge in [-0.1, -0.05) is 29.3 Å². The summed E-state index contributed by atoms with van der Waals surface area (Å²) in [5, 5.41) is 0.552. The Labute approximate surface area is 151 Å². The largest absolute Gasteiger partial charge is 0.497 e. The topological polar surface area (TPSA) is 72.9 Å². The van der Waals surface area contributed by atoms with Gasteiger partial charge in [0, 0.05) is 6.42 Å². The number of hydrogen-bond acceptors (Lipinski definition) is 5. The Morgan fingerprint density at radius 3 is 2.12 bits per heavy atom. The van der Waals surface area contributed by atoms with Crippen molar-refractivity contribution >= 4 is 17.8 Å². The predicted molar refractivity (Wildman–Crippen MR) is 93.6 cm³/mol. The summed E-state index contributed by atoms with van der Waals surface area (Å²) in [6.07, 6.45) is 2.37. The molecule has 6 nitrogen and oxygen atoms in total. The maximum absolute atomic E-state index is 12.1. The molecule has 0 spiro atoms. The van der Waals surface area contributed by atoms with Gasteiger partial charge in [-0.2, -0.15) is 0 Å². The highest BCUT2D eigenvalue weighted by Gasteiger charge is 2.38. The smallest absolute Gasteiger partial charge is 0.333 e. The summed E-state index contributed by atoms with van der Waals surface area (Å²) in [5.74, 6) is -0.984. The minimum atomic E-state index is -0.600. The molecule has 26 heavy (non-hydrogen) atoms. The first-order chi connectivity index (χ1) is 12.6. The van der Waals surface area contributed by atoms with Crippen LogP contribution in [0.2, 0.25) is 0 Å². The fourth-order valence-electron chi connectivity index (χ4n) is 2.79. The van der Waals surface area contributed by atoms with E-state index < -0.39 is 17.8 Å². The lowest BCUT2D eigenvalue weighted by molar-refractivity contribution is -0.168. The van der Waals surface area contributed by atoms with Crippen LogP contribution in [0.4, 0.5) is 0 Å². The Kier molecular flexibility index (Phi) is 5.31. The minimum Gasteiger partial charge on any atom is -0.497 e. The SMILES string of the molecule is COc1ccc(CCCCC(=O)ON2C(=O)c3ccccc3C2=O)cc1. The molecule has 0 aromatic heterocycles. The molecule has 3 rings (SSSR count). The predicted octanol–water partition coefficient (Wildman–Crippen LogP) is 3.16. The summed E-state index contributed by atoms with van der Waals surface area (Å²) in [6, 6.07) is 14.2. The van der Waals surface area contributed by atoms with Crippen molar-refractivity contribution < 1.29 is 24.0 Å². The summed E-state index contributed by atoms with van der Waals surface area (Å²) >= 11 is 0. The quantitative estimate of drug-likeness (QED) is 0.565. The molecule has 0 atom stereocenters. The second-order valence-electron chi connectivity index (χ2n) is 5.97. The molecule has 0 saturated heterocycles. The van der Waals surface area contributed by atoms with Crippen LogP contribution in [0, 0.1) is 0 Å². The zero-order valence-corrected chi connectivity index (χ0v) is 14.4. The van der Waals surface area contributed by atoms with Crippen LogP contribution in [0.1, 0.15) is 45.5 Å². The Balaban J connectivity index is 1.45. The van der Waals surface area contributed by atoms with E-state index in [-0.39, 0.29) is 17.5 Å². The lowest BCUT2D eigenvalue weighted by atomic mass is 10.1.